The minimum atomic E-state index is -0.199. The van der Waals surface area contributed by atoms with E-state index in [4.69, 9.17) is 4.98 Å². The molecule has 1 amide bonds. The zero-order valence-corrected chi connectivity index (χ0v) is 15.6. The molecular weight excluding hydrogens is 352 g/mol. The van der Waals surface area contributed by atoms with Crippen LogP contribution in [0.2, 0.25) is 0 Å². The third-order valence-electron chi connectivity index (χ3n) is 5.85. The van der Waals surface area contributed by atoms with Gasteiger partial charge in [-0.1, -0.05) is 18.2 Å². The van der Waals surface area contributed by atoms with Crippen LogP contribution in [-0.4, -0.2) is 44.9 Å². The molecule has 2 aliphatic rings. The normalized spacial score (nSPS) is 23.4. The Morgan fingerprint density at radius 1 is 1.04 bits per heavy atom. The SMILES string of the molecule is O=C(C1CC(c2ccccn2)NN1)N1CCC(c2nc3ccccc3[nH]2)CC1. The van der Waals surface area contributed by atoms with Crippen LogP contribution in [0.3, 0.4) is 0 Å². The fraction of sp³-hybridized carbons (Fsp3) is 0.381. The maximum absolute atomic E-state index is 12.9. The van der Waals surface area contributed by atoms with E-state index in [0.717, 1.165) is 54.9 Å². The van der Waals surface area contributed by atoms with Gasteiger partial charge in [-0.2, -0.15) is 0 Å². The molecule has 0 aliphatic carbocycles. The van der Waals surface area contributed by atoms with Gasteiger partial charge in [-0.3, -0.25) is 9.78 Å². The molecule has 28 heavy (non-hydrogen) atoms. The van der Waals surface area contributed by atoms with Crippen LogP contribution in [0.25, 0.3) is 11.0 Å². The number of nitrogens with one attached hydrogen (secondary N) is 3. The van der Waals surface area contributed by atoms with E-state index < -0.39 is 0 Å². The second-order valence-electron chi connectivity index (χ2n) is 7.62. The molecular formula is C21H24N6O. The number of pyridine rings is 1. The van der Waals surface area contributed by atoms with Gasteiger partial charge >= 0.3 is 0 Å². The van der Waals surface area contributed by atoms with Crippen LogP contribution in [0.5, 0.6) is 0 Å². The fourth-order valence-electron chi connectivity index (χ4n) is 4.25. The van der Waals surface area contributed by atoms with E-state index in [1.54, 1.807) is 6.20 Å². The zero-order chi connectivity index (χ0) is 18.9. The number of H-pyrrole nitrogens is 1. The van der Waals surface area contributed by atoms with Crippen molar-refractivity contribution in [1.29, 1.82) is 0 Å². The van der Waals surface area contributed by atoms with Crippen molar-refractivity contribution in [2.24, 2.45) is 0 Å². The third kappa shape index (κ3) is 3.27. The van der Waals surface area contributed by atoms with Gasteiger partial charge in [0.2, 0.25) is 5.91 Å². The molecule has 2 saturated heterocycles. The van der Waals surface area contributed by atoms with Crippen LogP contribution in [0, 0.1) is 0 Å². The van der Waals surface area contributed by atoms with E-state index in [9.17, 15) is 4.79 Å². The molecule has 7 heteroatoms. The Bertz CT molecular complexity index is 930. The van der Waals surface area contributed by atoms with Crippen molar-refractivity contribution in [1.82, 2.24) is 30.7 Å². The van der Waals surface area contributed by atoms with E-state index in [2.05, 4.69) is 26.9 Å². The third-order valence-corrected chi connectivity index (χ3v) is 5.85. The van der Waals surface area contributed by atoms with E-state index in [0.29, 0.717) is 5.92 Å². The smallest absolute Gasteiger partial charge is 0.241 e. The minimum Gasteiger partial charge on any atom is -0.342 e. The van der Waals surface area contributed by atoms with Crippen LogP contribution in [0.1, 0.15) is 42.7 Å². The number of para-hydroxylation sites is 2. The van der Waals surface area contributed by atoms with Gasteiger partial charge in [-0.25, -0.2) is 15.8 Å². The lowest BCUT2D eigenvalue weighted by Gasteiger charge is -2.32. The first-order valence-electron chi connectivity index (χ1n) is 9.93. The number of piperidine rings is 1. The van der Waals surface area contributed by atoms with E-state index in [-0.39, 0.29) is 18.0 Å². The number of imidazole rings is 1. The molecule has 2 atom stereocenters. The number of rotatable bonds is 3. The summed E-state index contributed by atoms with van der Waals surface area (Å²) in [6, 6.07) is 13.9. The lowest BCUT2D eigenvalue weighted by Crippen LogP contribution is -2.48. The lowest BCUT2D eigenvalue weighted by atomic mass is 9.95. The quantitative estimate of drug-likeness (QED) is 0.653. The lowest BCUT2D eigenvalue weighted by molar-refractivity contribution is -0.134. The summed E-state index contributed by atoms with van der Waals surface area (Å²) in [7, 11) is 0. The maximum atomic E-state index is 12.9. The molecule has 144 valence electrons. The van der Waals surface area contributed by atoms with Crippen molar-refractivity contribution in [2.75, 3.05) is 13.1 Å². The molecule has 2 aromatic heterocycles. The molecule has 5 rings (SSSR count). The molecule has 4 heterocycles. The number of carbonyl (C=O) groups excluding carboxylic acids is 1. The highest BCUT2D eigenvalue weighted by atomic mass is 16.2. The first kappa shape index (κ1) is 17.3. The van der Waals surface area contributed by atoms with Crippen molar-refractivity contribution >= 4 is 16.9 Å². The Balaban J connectivity index is 1.19. The second-order valence-corrected chi connectivity index (χ2v) is 7.62. The summed E-state index contributed by atoms with van der Waals surface area (Å²) in [4.78, 5) is 27.5. The van der Waals surface area contributed by atoms with Gasteiger partial charge in [0.15, 0.2) is 0 Å². The predicted molar refractivity (Wildman–Crippen MR) is 106 cm³/mol. The van der Waals surface area contributed by atoms with Gasteiger partial charge in [0.05, 0.1) is 22.8 Å². The van der Waals surface area contributed by atoms with Crippen LogP contribution in [-0.2, 0) is 4.79 Å². The van der Waals surface area contributed by atoms with E-state index in [1.807, 2.05) is 41.3 Å². The summed E-state index contributed by atoms with van der Waals surface area (Å²) in [5.74, 6) is 1.60. The largest absolute Gasteiger partial charge is 0.342 e. The molecule has 2 fully saturated rings. The number of amides is 1. The summed E-state index contributed by atoms with van der Waals surface area (Å²) >= 11 is 0. The number of hydrazine groups is 1. The van der Waals surface area contributed by atoms with Gasteiger partial charge in [0.25, 0.3) is 0 Å². The zero-order valence-electron chi connectivity index (χ0n) is 15.6. The van der Waals surface area contributed by atoms with Crippen molar-refractivity contribution in [3.63, 3.8) is 0 Å². The first-order chi connectivity index (χ1) is 13.8. The highest BCUT2D eigenvalue weighted by Gasteiger charge is 2.35. The Labute approximate surface area is 163 Å². The van der Waals surface area contributed by atoms with Crippen LogP contribution in [0.15, 0.2) is 48.7 Å². The summed E-state index contributed by atoms with van der Waals surface area (Å²) in [5, 5.41) is 0. The Morgan fingerprint density at radius 3 is 2.64 bits per heavy atom. The van der Waals surface area contributed by atoms with Crippen LogP contribution in [0.4, 0.5) is 0 Å². The first-order valence-corrected chi connectivity index (χ1v) is 9.93. The molecule has 2 aliphatic heterocycles. The van der Waals surface area contributed by atoms with Gasteiger partial charge in [0, 0.05) is 25.2 Å². The fourth-order valence-corrected chi connectivity index (χ4v) is 4.25. The summed E-state index contributed by atoms with van der Waals surface area (Å²) in [5.41, 5.74) is 9.44. The average Bonchev–Trinajstić information content (AvgIpc) is 3.41. The predicted octanol–water partition coefficient (Wildman–Crippen LogP) is 2.27. The number of hydrogen-bond donors (Lipinski definition) is 3. The highest BCUT2D eigenvalue weighted by molar-refractivity contribution is 5.82. The summed E-state index contributed by atoms with van der Waals surface area (Å²) < 4.78 is 0. The number of aromatic amines is 1. The standard InChI is InChI=1S/C21H24N6O/c28-21(19-13-18(25-26-19)15-5-3-4-10-22-15)27-11-8-14(9-12-27)20-23-16-6-1-2-7-17(16)24-20/h1-7,10,14,18-19,25-26H,8-9,11-13H2,(H,23,24). The number of likely N-dealkylation sites (tertiary alicyclic amines) is 1. The Hall–Kier alpha value is -2.77. The number of aromatic nitrogens is 3. The van der Waals surface area contributed by atoms with Crippen molar-refractivity contribution in [2.45, 2.75) is 37.3 Å². The van der Waals surface area contributed by atoms with Crippen molar-refractivity contribution < 1.29 is 4.79 Å². The molecule has 2 unspecified atom stereocenters. The summed E-state index contributed by atoms with van der Waals surface area (Å²) in [6.45, 7) is 1.54. The molecule has 0 saturated carbocycles. The van der Waals surface area contributed by atoms with Gasteiger partial charge < -0.3 is 9.88 Å². The number of hydrogen-bond acceptors (Lipinski definition) is 5. The molecule has 7 nitrogen and oxygen atoms in total. The second kappa shape index (κ2) is 7.33. The monoisotopic (exact) mass is 376 g/mol. The molecule has 1 aromatic carbocycles. The topological polar surface area (TPSA) is 85.9 Å². The van der Waals surface area contributed by atoms with Gasteiger partial charge in [0.1, 0.15) is 11.9 Å². The van der Waals surface area contributed by atoms with E-state index in [1.165, 1.54) is 0 Å². The van der Waals surface area contributed by atoms with Crippen LogP contribution >= 0.6 is 0 Å². The van der Waals surface area contributed by atoms with Gasteiger partial charge in [-0.05, 0) is 43.5 Å². The number of fused-ring (bicyclic) bond motifs is 1. The van der Waals surface area contributed by atoms with Crippen molar-refractivity contribution in [3.05, 3.63) is 60.2 Å². The molecule has 0 radical (unpaired) electrons. The van der Waals surface area contributed by atoms with Crippen LogP contribution < -0.4 is 10.9 Å². The Kier molecular flexibility index (Phi) is 4.54. The minimum absolute atomic E-state index is 0.0724. The van der Waals surface area contributed by atoms with Gasteiger partial charge in [-0.15, -0.1) is 0 Å². The molecule has 0 bridgehead atoms. The summed E-state index contributed by atoms with van der Waals surface area (Å²) in [6.07, 6.45) is 4.39. The van der Waals surface area contributed by atoms with E-state index >= 15 is 0 Å². The number of nitrogens with zero attached hydrogens (tertiary/aromatic N) is 3. The molecule has 3 aromatic rings. The Morgan fingerprint density at radius 2 is 1.86 bits per heavy atom. The number of benzene rings is 1. The average molecular weight is 376 g/mol. The highest BCUT2D eigenvalue weighted by Crippen LogP contribution is 2.29. The molecule has 3 N–H and O–H groups in total. The number of carbonyl (C=O) groups is 1. The van der Waals surface area contributed by atoms with Crippen molar-refractivity contribution in [3.8, 4) is 0 Å². The molecule has 0 spiro atoms. The maximum Gasteiger partial charge on any atom is 0.241 e.